The minimum absolute atomic E-state index is 0.224. The summed E-state index contributed by atoms with van der Waals surface area (Å²) >= 11 is 1.82. The number of hydrogen-bond acceptors (Lipinski definition) is 14. The van der Waals surface area contributed by atoms with Crippen LogP contribution in [0.25, 0.3) is 0 Å². The second-order valence-electron chi connectivity index (χ2n) is 9.01. The Balaban J connectivity index is 2.39. The molecule has 13 nitrogen and oxygen atoms in total. The SMILES string of the molecule is CC(=O)CCCCSCCNCCO/N=C/C(C)[C@@H](O)[C@H](O[C@@H]1OC(CO)[C@H](O)C(O)C1O)C(O)CO. The number of rotatable bonds is 20. The molecule has 0 spiro atoms. The number of ketones is 1. The Kier molecular flexibility index (Phi) is 17.7. The van der Waals surface area contributed by atoms with Crippen LogP contribution in [0.15, 0.2) is 5.16 Å². The van der Waals surface area contributed by atoms with Crippen molar-refractivity contribution in [2.45, 2.75) is 82.1 Å². The van der Waals surface area contributed by atoms with Crippen molar-refractivity contribution in [3.05, 3.63) is 0 Å². The van der Waals surface area contributed by atoms with Gasteiger partial charge in [-0.25, -0.2) is 0 Å². The number of aliphatic hydroxyl groups is 7. The van der Waals surface area contributed by atoms with Crippen LogP contribution in [-0.4, -0.2) is 141 Å². The Labute approximate surface area is 221 Å². The summed E-state index contributed by atoms with van der Waals surface area (Å²) in [6.45, 7) is 3.37. The minimum atomic E-state index is -1.73. The first kappa shape index (κ1) is 34.1. The molecule has 1 rings (SSSR count). The molecular formula is C23H44N2O11S. The molecule has 8 N–H and O–H groups in total. The summed E-state index contributed by atoms with van der Waals surface area (Å²) in [5, 5.41) is 76.5. The van der Waals surface area contributed by atoms with Gasteiger partial charge in [-0.3, -0.25) is 0 Å². The largest absolute Gasteiger partial charge is 0.395 e. The van der Waals surface area contributed by atoms with Crippen LogP contribution in [0.5, 0.6) is 0 Å². The number of aliphatic hydroxyl groups excluding tert-OH is 7. The second kappa shape index (κ2) is 19.2. The zero-order valence-electron chi connectivity index (χ0n) is 21.5. The predicted molar refractivity (Wildman–Crippen MR) is 136 cm³/mol. The Bertz CT molecular complexity index is 646. The molecule has 218 valence electrons. The van der Waals surface area contributed by atoms with Crippen LogP contribution in [0.3, 0.4) is 0 Å². The summed E-state index contributed by atoms with van der Waals surface area (Å²) in [6, 6.07) is 0. The predicted octanol–water partition coefficient (Wildman–Crippen LogP) is -2.39. The summed E-state index contributed by atoms with van der Waals surface area (Å²) < 4.78 is 10.7. The first-order valence-electron chi connectivity index (χ1n) is 12.5. The van der Waals surface area contributed by atoms with Gasteiger partial charge in [-0.1, -0.05) is 12.1 Å². The fraction of sp³-hybridized carbons (Fsp3) is 0.913. The maximum atomic E-state index is 10.9. The number of oxime groups is 1. The molecule has 1 aliphatic heterocycles. The molecule has 0 bridgehead atoms. The van der Waals surface area contributed by atoms with Crippen LogP contribution >= 0.6 is 11.8 Å². The van der Waals surface area contributed by atoms with Gasteiger partial charge in [0.1, 0.15) is 49.0 Å². The fourth-order valence-corrected chi connectivity index (χ4v) is 4.38. The lowest BCUT2D eigenvalue weighted by atomic mass is 9.96. The summed E-state index contributed by atoms with van der Waals surface area (Å²) in [5.74, 6) is 1.46. The number of nitrogens with zero attached hydrogens (tertiary/aromatic N) is 1. The summed E-state index contributed by atoms with van der Waals surface area (Å²) in [6.07, 6.45) is -8.42. The number of hydrogen-bond donors (Lipinski definition) is 8. The number of unbranched alkanes of at least 4 members (excludes halogenated alkanes) is 1. The molecule has 37 heavy (non-hydrogen) atoms. The van der Waals surface area contributed by atoms with E-state index in [2.05, 4.69) is 10.5 Å². The molecule has 0 aliphatic carbocycles. The van der Waals surface area contributed by atoms with Crippen molar-refractivity contribution >= 4 is 23.8 Å². The van der Waals surface area contributed by atoms with Crippen molar-refractivity contribution in [2.75, 3.05) is 44.4 Å². The van der Waals surface area contributed by atoms with E-state index in [9.17, 15) is 40.5 Å². The van der Waals surface area contributed by atoms with Crippen molar-refractivity contribution in [1.29, 1.82) is 0 Å². The zero-order valence-corrected chi connectivity index (χ0v) is 22.3. The van der Waals surface area contributed by atoms with Gasteiger partial charge < -0.3 is 60.2 Å². The van der Waals surface area contributed by atoms with E-state index in [4.69, 9.17) is 14.3 Å². The second-order valence-corrected chi connectivity index (χ2v) is 10.2. The normalized spacial score (nSPS) is 27.6. The lowest BCUT2D eigenvalue weighted by Crippen LogP contribution is -2.61. The van der Waals surface area contributed by atoms with Crippen molar-refractivity contribution in [2.24, 2.45) is 11.1 Å². The average molecular weight is 557 g/mol. The summed E-state index contributed by atoms with van der Waals surface area (Å²) in [4.78, 5) is 16.1. The Morgan fingerprint density at radius 2 is 1.84 bits per heavy atom. The van der Waals surface area contributed by atoms with Gasteiger partial charge in [0.15, 0.2) is 6.29 Å². The molecular weight excluding hydrogens is 512 g/mol. The molecule has 1 fully saturated rings. The van der Waals surface area contributed by atoms with E-state index in [0.29, 0.717) is 13.0 Å². The minimum Gasteiger partial charge on any atom is -0.395 e. The van der Waals surface area contributed by atoms with Gasteiger partial charge in [0.05, 0.1) is 19.3 Å². The highest BCUT2D eigenvalue weighted by atomic mass is 32.2. The molecule has 14 heteroatoms. The van der Waals surface area contributed by atoms with E-state index < -0.39 is 68.1 Å². The van der Waals surface area contributed by atoms with E-state index in [0.717, 1.165) is 30.9 Å². The number of Topliss-reactive ketones (excluding diaryl/α,β-unsaturated/α-hetero) is 1. The zero-order chi connectivity index (χ0) is 27.8. The van der Waals surface area contributed by atoms with Gasteiger partial charge in [0.25, 0.3) is 0 Å². The molecule has 1 saturated heterocycles. The van der Waals surface area contributed by atoms with E-state index >= 15 is 0 Å². The third-order valence-electron chi connectivity index (χ3n) is 5.81. The van der Waals surface area contributed by atoms with E-state index in [1.54, 1.807) is 13.8 Å². The number of carbonyl (C=O) groups is 1. The molecule has 1 aliphatic rings. The van der Waals surface area contributed by atoms with E-state index in [1.807, 2.05) is 11.8 Å². The van der Waals surface area contributed by atoms with E-state index in [-0.39, 0.29) is 12.4 Å². The van der Waals surface area contributed by atoms with Gasteiger partial charge in [-0.15, -0.1) is 0 Å². The average Bonchev–Trinajstić information content (AvgIpc) is 2.88. The lowest BCUT2D eigenvalue weighted by Gasteiger charge is -2.42. The van der Waals surface area contributed by atoms with Crippen LogP contribution in [0, 0.1) is 5.92 Å². The van der Waals surface area contributed by atoms with Crippen molar-refractivity contribution in [3.63, 3.8) is 0 Å². The molecule has 1 heterocycles. The highest BCUT2D eigenvalue weighted by molar-refractivity contribution is 7.99. The van der Waals surface area contributed by atoms with Crippen molar-refractivity contribution < 1.29 is 54.9 Å². The van der Waals surface area contributed by atoms with Gasteiger partial charge in [0.2, 0.25) is 0 Å². The topological polar surface area (TPSA) is 211 Å². The number of carbonyl (C=O) groups excluding carboxylic acids is 1. The molecule has 9 atom stereocenters. The van der Waals surface area contributed by atoms with Crippen LogP contribution in [0.1, 0.15) is 33.1 Å². The lowest BCUT2D eigenvalue weighted by molar-refractivity contribution is -0.325. The van der Waals surface area contributed by atoms with Crippen molar-refractivity contribution in [3.8, 4) is 0 Å². The van der Waals surface area contributed by atoms with Crippen LogP contribution in [0.2, 0.25) is 0 Å². The van der Waals surface area contributed by atoms with Crippen LogP contribution < -0.4 is 5.32 Å². The van der Waals surface area contributed by atoms with Gasteiger partial charge in [-0.2, -0.15) is 11.8 Å². The maximum Gasteiger partial charge on any atom is 0.187 e. The quantitative estimate of drug-likeness (QED) is 0.0447. The van der Waals surface area contributed by atoms with Gasteiger partial charge in [-0.05, 0) is 25.5 Å². The van der Waals surface area contributed by atoms with Crippen LogP contribution in [0.4, 0.5) is 0 Å². The van der Waals surface area contributed by atoms with E-state index in [1.165, 1.54) is 6.21 Å². The third kappa shape index (κ3) is 12.7. The standard InChI is InChI=1S/C23H44N2O11S/c1-14(11-25-34-8-6-24-7-10-37-9-4-3-5-15(2)28)18(30)22(16(29)12-26)36-23-21(33)20(32)19(31)17(13-27)35-23/h11,14,16-24,26-27,29-33H,3-10,12-13H2,1-2H3/b25-11+/t14?,16?,17?,18-,19+,20?,21?,22-,23+/m1/s1. The number of nitrogens with one attached hydrogen (secondary N) is 1. The highest BCUT2D eigenvalue weighted by Crippen LogP contribution is 2.25. The van der Waals surface area contributed by atoms with Gasteiger partial charge in [0, 0.05) is 37.4 Å². The molecule has 0 aromatic rings. The smallest absolute Gasteiger partial charge is 0.187 e. The molecule has 0 radical (unpaired) electrons. The molecule has 0 aromatic heterocycles. The molecule has 0 saturated carbocycles. The summed E-state index contributed by atoms with van der Waals surface area (Å²) in [5.41, 5.74) is 0. The molecule has 0 amide bonds. The molecule has 5 unspecified atom stereocenters. The Morgan fingerprint density at radius 1 is 1.11 bits per heavy atom. The van der Waals surface area contributed by atoms with Gasteiger partial charge >= 0.3 is 0 Å². The maximum absolute atomic E-state index is 10.9. The monoisotopic (exact) mass is 556 g/mol. The fourth-order valence-electron chi connectivity index (χ4n) is 3.48. The summed E-state index contributed by atoms with van der Waals surface area (Å²) in [7, 11) is 0. The Hall–Kier alpha value is -0.910. The number of ether oxygens (including phenoxy) is 2. The van der Waals surface area contributed by atoms with Crippen LogP contribution in [-0.2, 0) is 19.1 Å². The first-order chi connectivity index (χ1) is 17.6. The highest BCUT2D eigenvalue weighted by Gasteiger charge is 2.46. The third-order valence-corrected chi connectivity index (χ3v) is 6.88. The molecule has 0 aromatic carbocycles. The number of thioether (sulfide) groups is 1. The van der Waals surface area contributed by atoms with Crippen molar-refractivity contribution in [1.82, 2.24) is 5.32 Å². The first-order valence-corrected chi connectivity index (χ1v) is 13.7. The Morgan fingerprint density at radius 3 is 2.49 bits per heavy atom.